The van der Waals surface area contributed by atoms with Crippen LogP contribution in [0.1, 0.15) is 37.1 Å². The standard InChI is InChI=1S/C28H28ClNO2S/c1-3-8-20-13-16-25-24(17-20)28(33-23-9-6-5-7-10-23)26(18-27(31)32-4-2)30(25)19-21-11-14-22(29)15-12-21/h5-7,9-17H,3-4,8,18-19H2,1-2H3. The highest BCUT2D eigenvalue weighted by Gasteiger charge is 2.22. The molecule has 0 saturated heterocycles. The van der Waals surface area contributed by atoms with E-state index in [0.717, 1.165) is 39.4 Å². The van der Waals surface area contributed by atoms with E-state index < -0.39 is 0 Å². The Hall–Kier alpha value is -2.69. The van der Waals surface area contributed by atoms with Gasteiger partial charge in [-0.15, -0.1) is 0 Å². The lowest BCUT2D eigenvalue weighted by Crippen LogP contribution is -2.13. The zero-order chi connectivity index (χ0) is 23.2. The van der Waals surface area contributed by atoms with Crippen LogP contribution < -0.4 is 0 Å². The predicted molar refractivity (Wildman–Crippen MR) is 137 cm³/mol. The molecule has 0 amide bonds. The molecule has 0 aliphatic carbocycles. The summed E-state index contributed by atoms with van der Waals surface area (Å²) in [6.45, 7) is 5.07. The number of esters is 1. The summed E-state index contributed by atoms with van der Waals surface area (Å²) in [5, 5.41) is 1.90. The van der Waals surface area contributed by atoms with Crippen LogP contribution in [0.4, 0.5) is 0 Å². The lowest BCUT2D eigenvalue weighted by Gasteiger charge is -2.13. The Labute approximate surface area is 204 Å². The first-order chi connectivity index (χ1) is 16.1. The molecule has 3 nitrogen and oxygen atoms in total. The minimum atomic E-state index is -0.207. The lowest BCUT2D eigenvalue weighted by atomic mass is 10.1. The fraction of sp³-hybridized carbons (Fsp3) is 0.250. The quantitative estimate of drug-likeness (QED) is 0.233. The number of hydrogen-bond acceptors (Lipinski definition) is 3. The molecule has 0 fully saturated rings. The second-order valence-corrected chi connectivity index (χ2v) is 9.51. The smallest absolute Gasteiger partial charge is 0.311 e. The van der Waals surface area contributed by atoms with E-state index in [0.29, 0.717) is 18.2 Å². The van der Waals surface area contributed by atoms with E-state index in [-0.39, 0.29) is 12.4 Å². The Balaban J connectivity index is 1.89. The van der Waals surface area contributed by atoms with Crippen molar-refractivity contribution in [2.45, 2.75) is 49.4 Å². The van der Waals surface area contributed by atoms with Gasteiger partial charge in [-0.2, -0.15) is 0 Å². The number of fused-ring (bicyclic) bond motifs is 1. The number of benzene rings is 3. The fourth-order valence-electron chi connectivity index (χ4n) is 4.07. The SMILES string of the molecule is CCCc1ccc2c(c1)c(Sc1ccccc1)c(CC(=O)OCC)n2Cc1ccc(Cl)cc1. The highest BCUT2D eigenvalue weighted by molar-refractivity contribution is 7.99. The maximum atomic E-state index is 12.7. The normalized spacial score (nSPS) is 11.1. The molecule has 170 valence electrons. The summed E-state index contributed by atoms with van der Waals surface area (Å²) < 4.78 is 7.61. The summed E-state index contributed by atoms with van der Waals surface area (Å²) in [5.74, 6) is -0.207. The molecule has 0 unspecified atom stereocenters. The van der Waals surface area contributed by atoms with E-state index in [4.69, 9.17) is 16.3 Å². The first-order valence-electron chi connectivity index (χ1n) is 11.4. The molecule has 4 aromatic rings. The van der Waals surface area contributed by atoms with Crippen LogP contribution >= 0.6 is 23.4 Å². The van der Waals surface area contributed by atoms with Gasteiger partial charge in [0.25, 0.3) is 0 Å². The van der Waals surface area contributed by atoms with Crippen LogP contribution in [0.5, 0.6) is 0 Å². The Morgan fingerprint density at radius 2 is 1.70 bits per heavy atom. The van der Waals surface area contributed by atoms with Crippen LogP contribution in [0, 0.1) is 0 Å². The summed E-state index contributed by atoms with van der Waals surface area (Å²) in [4.78, 5) is 14.9. The highest BCUT2D eigenvalue weighted by Crippen LogP contribution is 2.40. The van der Waals surface area contributed by atoms with Gasteiger partial charge >= 0.3 is 5.97 Å². The maximum absolute atomic E-state index is 12.7. The second kappa shape index (κ2) is 11.0. The number of hydrogen-bond donors (Lipinski definition) is 0. The molecule has 1 aromatic heterocycles. The molecule has 0 spiro atoms. The molecular weight excluding hydrogens is 450 g/mol. The van der Waals surface area contributed by atoms with Crippen LogP contribution in [0.2, 0.25) is 5.02 Å². The summed E-state index contributed by atoms with van der Waals surface area (Å²) in [7, 11) is 0. The molecule has 5 heteroatoms. The number of carbonyl (C=O) groups excluding carboxylic acids is 1. The average molecular weight is 478 g/mol. The first kappa shape index (κ1) is 23.5. The largest absolute Gasteiger partial charge is 0.466 e. The number of nitrogens with zero attached hydrogens (tertiary/aromatic N) is 1. The van der Waals surface area contributed by atoms with E-state index in [1.165, 1.54) is 10.9 Å². The maximum Gasteiger partial charge on any atom is 0.311 e. The molecule has 4 rings (SSSR count). The van der Waals surface area contributed by atoms with Crippen molar-refractivity contribution in [1.82, 2.24) is 4.57 Å². The first-order valence-corrected chi connectivity index (χ1v) is 12.6. The van der Waals surface area contributed by atoms with Crippen molar-refractivity contribution in [3.8, 4) is 0 Å². The third kappa shape index (κ3) is 5.63. The lowest BCUT2D eigenvalue weighted by molar-refractivity contribution is -0.142. The predicted octanol–water partition coefficient (Wildman–Crippen LogP) is 7.55. The molecule has 0 aliphatic rings. The highest BCUT2D eigenvalue weighted by atomic mass is 35.5. The van der Waals surface area contributed by atoms with Gasteiger partial charge in [-0.25, -0.2) is 0 Å². The minimum Gasteiger partial charge on any atom is -0.466 e. The molecule has 0 bridgehead atoms. The number of aromatic nitrogens is 1. The Morgan fingerprint density at radius 1 is 0.970 bits per heavy atom. The van der Waals surface area contributed by atoms with Crippen molar-refractivity contribution in [1.29, 1.82) is 0 Å². The number of rotatable bonds is 9. The van der Waals surface area contributed by atoms with E-state index in [9.17, 15) is 4.79 Å². The summed E-state index contributed by atoms with van der Waals surface area (Å²) >= 11 is 7.83. The summed E-state index contributed by atoms with van der Waals surface area (Å²) in [5.41, 5.74) is 4.56. The zero-order valence-electron chi connectivity index (χ0n) is 19.0. The van der Waals surface area contributed by atoms with Gasteiger partial charge in [-0.1, -0.05) is 73.1 Å². The van der Waals surface area contributed by atoms with Gasteiger partial charge in [0.15, 0.2) is 0 Å². The molecule has 0 radical (unpaired) electrons. The molecule has 0 saturated carbocycles. The molecule has 0 N–H and O–H groups in total. The second-order valence-electron chi connectivity index (χ2n) is 7.99. The third-order valence-electron chi connectivity index (χ3n) is 5.56. The van der Waals surface area contributed by atoms with Crippen molar-refractivity contribution in [3.63, 3.8) is 0 Å². The Kier molecular flexibility index (Phi) is 7.79. The van der Waals surface area contributed by atoms with Gasteiger partial charge in [-0.05, 0) is 60.9 Å². The average Bonchev–Trinajstić information content (AvgIpc) is 3.08. The van der Waals surface area contributed by atoms with Gasteiger partial charge in [0, 0.05) is 38.0 Å². The number of halogens is 1. The number of carbonyl (C=O) groups is 1. The molecule has 0 aliphatic heterocycles. The van der Waals surface area contributed by atoms with Crippen LogP contribution in [0.15, 0.2) is 82.6 Å². The molecule has 33 heavy (non-hydrogen) atoms. The molecule has 0 atom stereocenters. The number of aryl methyl sites for hydroxylation is 1. The van der Waals surface area contributed by atoms with Crippen molar-refractivity contribution < 1.29 is 9.53 Å². The van der Waals surface area contributed by atoms with Crippen LogP contribution in [0.3, 0.4) is 0 Å². The molecule has 3 aromatic carbocycles. The zero-order valence-corrected chi connectivity index (χ0v) is 20.6. The fourth-order valence-corrected chi connectivity index (χ4v) is 5.29. The van der Waals surface area contributed by atoms with Gasteiger partial charge < -0.3 is 9.30 Å². The van der Waals surface area contributed by atoms with E-state index in [1.54, 1.807) is 11.8 Å². The van der Waals surface area contributed by atoms with Crippen molar-refractivity contribution in [2.75, 3.05) is 6.61 Å². The van der Waals surface area contributed by atoms with Crippen molar-refractivity contribution in [2.24, 2.45) is 0 Å². The van der Waals surface area contributed by atoms with Gasteiger partial charge in [0.2, 0.25) is 0 Å². The molecule has 1 heterocycles. The summed E-state index contributed by atoms with van der Waals surface area (Å²) in [6, 6.07) is 24.9. The summed E-state index contributed by atoms with van der Waals surface area (Å²) in [6.07, 6.45) is 2.35. The van der Waals surface area contributed by atoms with E-state index >= 15 is 0 Å². The topological polar surface area (TPSA) is 31.2 Å². The van der Waals surface area contributed by atoms with Crippen LogP contribution in [-0.4, -0.2) is 17.1 Å². The monoisotopic (exact) mass is 477 g/mol. The van der Waals surface area contributed by atoms with Gasteiger partial charge in [0.1, 0.15) is 0 Å². The Bertz CT molecular complexity index is 1230. The third-order valence-corrected chi connectivity index (χ3v) is 6.98. The molecular formula is C28H28ClNO2S. The van der Waals surface area contributed by atoms with Crippen LogP contribution in [-0.2, 0) is 28.9 Å². The minimum absolute atomic E-state index is 0.207. The Morgan fingerprint density at radius 3 is 2.39 bits per heavy atom. The van der Waals surface area contributed by atoms with Gasteiger partial charge in [-0.3, -0.25) is 4.79 Å². The van der Waals surface area contributed by atoms with Gasteiger partial charge in [0.05, 0.1) is 13.0 Å². The van der Waals surface area contributed by atoms with Crippen LogP contribution in [0.25, 0.3) is 10.9 Å². The van der Waals surface area contributed by atoms with E-state index in [2.05, 4.69) is 41.8 Å². The van der Waals surface area contributed by atoms with Crippen molar-refractivity contribution >= 4 is 40.2 Å². The number of ether oxygens (including phenoxy) is 1. The van der Waals surface area contributed by atoms with Crippen molar-refractivity contribution in [3.05, 3.63) is 94.6 Å². The van der Waals surface area contributed by atoms with E-state index in [1.807, 2.05) is 49.4 Å².